The lowest BCUT2D eigenvalue weighted by Gasteiger charge is -2.11. The van der Waals surface area contributed by atoms with Crippen LogP contribution in [0.4, 0.5) is 10.1 Å². The second-order valence-corrected chi connectivity index (χ2v) is 4.37. The number of non-ortho nitro benzene ring substituents is 1. The van der Waals surface area contributed by atoms with Crippen molar-refractivity contribution in [2.45, 2.75) is 13.8 Å². The van der Waals surface area contributed by atoms with Gasteiger partial charge in [-0.15, -0.1) is 0 Å². The highest BCUT2D eigenvalue weighted by atomic mass is 19.1. The Kier molecular flexibility index (Phi) is 4.97. The van der Waals surface area contributed by atoms with Gasteiger partial charge >= 0.3 is 0 Å². The number of halogens is 1. The van der Waals surface area contributed by atoms with Gasteiger partial charge in [0, 0.05) is 24.2 Å². The van der Waals surface area contributed by atoms with Gasteiger partial charge in [0.25, 0.3) is 5.69 Å². The molecule has 0 saturated carbocycles. The van der Waals surface area contributed by atoms with Crippen LogP contribution in [-0.4, -0.2) is 18.5 Å². The van der Waals surface area contributed by atoms with E-state index in [1.165, 1.54) is 12.1 Å². The molecule has 4 nitrogen and oxygen atoms in total. The molecule has 0 radical (unpaired) electrons. The van der Waals surface area contributed by atoms with Crippen molar-refractivity contribution in [3.05, 3.63) is 45.3 Å². The molecule has 1 aromatic rings. The van der Waals surface area contributed by atoms with Crippen molar-refractivity contribution in [3.63, 3.8) is 0 Å². The summed E-state index contributed by atoms with van der Waals surface area (Å²) in [6.07, 6.45) is 1.67. The molecule has 0 unspecified atom stereocenters. The Hall–Kier alpha value is -1.75. The van der Waals surface area contributed by atoms with Gasteiger partial charge in [0.1, 0.15) is 5.82 Å². The first-order valence-electron chi connectivity index (χ1n) is 5.74. The highest BCUT2D eigenvalue weighted by Crippen LogP contribution is 2.21. The molecule has 1 N–H and O–H groups in total. The van der Waals surface area contributed by atoms with E-state index in [1.54, 1.807) is 13.1 Å². The minimum absolute atomic E-state index is 0.102. The molecular formula is C13H17FN2O2. The van der Waals surface area contributed by atoms with E-state index in [0.29, 0.717) is 6.54 Å². The first kappa shape index (κ1) is 14.3. The standard InChI is InChI=1S/C13H17FN2O2/c1-9(2)11(8-15-3)6-10-7-12(16(17)18)4-5-13(10)14/h4-7,9,15H,8H2,1-3H3/b11-6-. The number of nitrogens with one attached hydrogen (secondary N) is 1. The van der Waals surface area contributed by atoms with E-state index in [4.69, 9.17) is 0 Å². The average molecular weight is 252 g/mol. The summed E-state index contributed by atoms with van der Waals surface area (Å²) in [7, 11) is 1.81. The molecule has 0 aliphatic carbocycles. The number of nitro benzene ring substituents is 1. The van der Waals surface area contributed by atoms with E-state index in [2.05, 4.69) is 5.32 Å². The quantitative estimate of drug-likeness (QED) is 0.647. The van der Waals surface area contributed by atoms with E-state index in [-0.39, 0.29) is 17.2 Å². The first-order chi connectivity index (χ1) is 8.45. The van der Waals surface area contributed by atoms with Gasteiger partial charge in [-0.3, -0.25) is 10.1 Å². The molecule has 98 valence electrons. The maximum Gasteiger partial charge on any atom is 0.270 e. The van der Waals surface area contributed by atoms with Crippen molar-refractivity contribution in [2.75, 3.05) is 13.6 Å². The van der Waals surface area contributed by atoms with Crippen molar-refractivity contribution in [1.82, 2.24) is 5.32 Å². The first-order valence-corrected chi connectivity index (χ1v) is 5.74. The third kappa shape index (κ3) is 3.63. The lowest BCUT2D eigenvalue weighted by molar-refractivity contribution is -0.384. The summed E-state index contributed by atoms with van der Waals surface area (Å²) in [5.41, 5.74) is 1.15. The zero-order valence-electron chi connectivity index (χ0n) is 10.7. The molecule has 5 heteroatoms. The maximum absolute atomic E-state index is 13.6. The highest BCUT2D eigenvalue weighted by Gasteiger charge is 2.11. The van der Waals surface area contributed by atoms with Gasteiger partial charge in [-0.1, -0.05) is 25.5 Å². The minimum Gasteiger partial charge on any atom is -0.316 e. The number of rotatable bonds is 5. The van der Waals surface area contributed by atoms with Gasteiger partial charge in [0.15, 0.2) is 0 Å². The number of nitro groups is 1. The predicted octanol–water partition coefficient (Wildman–Crippen LogP) is 2.99. The molecule has 0 atom stereocenters. The zero-order valence-corrected chi connectivity index (χ0v) is 10.7. The van der Waals surface area contributed by atoms with Gasteiger partial charge in [-0.25, -0.2) is 4.39 Å². The van der Waals surface area contributed by atoms with Gasteiger partial charge in [-0.2, -0.15) is 0 Å². The topological polar surface area (TPSA) is 55.2 Å². The van der Waals surface area contributed by atoms with Gasteiger partial charge < -0.3 is 5.32 Å². The Labute approximate surface area is 106 Å². The highest BCUT2D eigenvalue weighted by molar-refractivity contribution is 5.57. The Bertz CT molecular complexity index is 470. The molecule has 0 aliphatic rings. The van der Waals surface area contributed by atoms with E-state index < -0.39 is 10.7 Å². The fraction of sp³-hybridized carbons (Fsp3) is 0.385. The number of hydrogen-bond acceptors (Lipinski definition) is 3. The third-order valence-electron chi connectivity index (χ3n) is 2.65. The second kappa shape index (κ2) is 6.26. The van der Waals surface area contributed by atoms with Crippen LogP contribution < -0.4 is 5.32 Å². The van der Waals surface area contributed by atoms with Crippen LogP contribution in [0.5, 0.6) is 0 Å². The minimum atomic E-state index is -0.524. The van der Waals surface area contributed by atoms with Gasteiger partial charge in [0.2, 0.25) is 0 Å². The molecule has 1 aromatic carbocycles. The summed E-state index contributed by atoms with van der Waals surface area (Å²) in [5, 5.41) is 13.7. The Morgan fingerprint density at radius 1 is 1.56 bits per heavy atom. The SMILES string of the molecule is CNC/C(=C/c1cc([N+](=O)[O-])ccc1F)C(C)C. The predicted molar refractivity (Wildman–Crippen MR) is 69.8 cm³/mol. The molecule has 0 fully saturated rings. The zero-order chi connectivity index (χ0) is 13.7. The van der Waals surface area contributed by atoms with Gasteiger partial charge in [-0.05, 0) is 19.0 Å². The molecular weight excluding hydrogens is 235 g/mol. The average Bonchev–Trinajstić information content (AvgIpc) is 2.30. The number of likely N-dealkylation sites (N-methyl/N-ethyl adjacent to an activating group) is 1. The fourth-order valence-corrected chi connectivity index (χ4v) is 1.58. The molecule has 0 bridgehead atoms. The van der Waals surface area contributed by atoms with Crippen LogP contribution in [0, 0.1) is 21.8 Å². The monoisotopic (exact) mass is 252 g/mol. The van der Waals surface area contributed by atoms with E-state index >= 15 is 0 Å². The van der Waals surface area contributed by atoms with Crippen LogP contribution in [-0.2, 0) is 0 Å². The molecule has 1 rings (SSSR count). The van der Waals surface area contributed by atoms with Crippen LogP contribution >= 0.6 is 0 Å². The van der Waals surface area contributed by atoms with Crippen LogP contribution in [0.1, 0.15) is 19.4 Å². The number of benzene rings is 1. The Morgan fingerprint density at radius 3 is 2.72 bits per heavy atom. The largest absolute Gasteiger partial charge is 0.316 e. The van der Waals surface area contributed by atoms with Crippen molar-refractivity contribution in [2.24, 2.45) is 5.92 Å². The fourth-order valence-electron chi connectivity index (χ4n) is 1.58. The van der Waals surface area contributed by atoms with Crippen LogP contribution in [0.3, 0.4) is 0 Å². The van der Waals surface area contributed by atoms with E-state index in [0.717, 1.165) is 11.6 Å². The number of nitrogens with zero attached hydrogens (tertiary/aromatic N) is 1. The van der Waals surface area contributed by atoms with E-state index in [1.807, 2.05) is 13.8 Å². The summed E-state index contributed by atoms with van der Waals surface area (Å²) < 4.78 is 13.6. The smallest absolute Gasteiger partial charge is 0.270 e. The molecule has 18 heavy (non-hydrogen) atoms. The van der Waals surface area contributed by atoms with Crippen LogP contribution in [0.2, 0.25) is 0 Å². The maximum atomic E-state index is 13.6. The molecule has 0 aromatic heterocycles. The lowest BCUT2D eigenvalue weighted by Crippen LogP contribution is -2.14. The summed E-state index contributed by atoms with van der Waals surface area (Å²) in [5.74, 6) is -0.203. The normalized spacial score (nSPS) is 11.9. The summed E-state index contributed by atoms with van der Waals surface area (Å²) >= 11 is 0. The summed E-state index contributed by atoms with van der Waals surface area (Å²) in [6, 6.07) is 3.55. The van der Waals surface area contributed by atoms with E-state index in [9.17, 15) is 14.5 Å². The van der Waals surface area contributed by atoms with Crippen molar-refractivity contribution >= 4 is 11.8 Å². The van der Waals surface area contributed by atoms with Crippen molar-refractivity contribution in [1.29, 1.82) is 0 Å². The summed E-state index contributed by atoms with van der Waals surface area (Å²) in [6.45, 7) is 4.62. The Balaban J connectivity index is 3.18. The molecule has 0 spiro atoms. The van der Waals surface area contributed by atoms with Crippen molar-refractivity contribution in [3.8, 4) is 0 Å². The van der Waals surface area contributed by atoms with Crippen LogP contribution in [0.25, 0.3) is 6.08 Å². The van der Waals surface area contributed by atoms with Crippen molar-refractivity contribution < 1.29 is 9.31 Å². The lowest BCUT2D eigenvalue weighted by atomic mass is 10.00. The van der Waals surface area contributed by atoms with Crippen LogP contribution in [0.15, 0.2) is 23.8 Å². The summed E-state index contributed by atoms with van der Waals surface area (Å²) in [4.78, 5) is 10.1. The third-order valence-corrected chi connectivity index (χ3v) is 2.65. The second-order valence-electron chi connectivity index (χ2n) is 4.37. The van der Waals surface area contributed by atoms with Gasteiger partial charge in [0.05, 0.1) is 4.92 Å². The molecule has 0 amide bonds. The molecule has 0 heterocycles. The molecule has 0 aliphatic heterocycles. The molecule has 0 saturated heterocycles. The number of hydrogen-bond donors (Lipinski definition) is 1. The Morgan fingerprint density at radius 2 is 2.22 bits per heavy atom.